The second-order valence-corrected chi connectivity index (χ2v) is 4.86. The maximum Gasteiger partial charge on any atom is 0.237 e. The molecule has 0 atom stereocenters. The summed E-state index contributed by atoms with van der Waals surface area (Å²) in [5, 5.41) is 4.78. The minimum atomic E-state index is 0.558. The molecule has 0 saturated heterocycles. The van der Waals surface area contributed by atoms with Crippen molar-refractivity contribution >= 4 is 28.3 Å². The highest BCUT2D eigenvalue weighted by molar-refractivity contribution is 6.31. The summed E-state index contributed by atoms with van der Waals surface area (Å²) in [5.74, 6) is 1.28. The number of methoxy groups -OCH3 is 1. The van der Waals surface area contributed by atoms with Gasteiger partial charge in [0.1, 0.15) is 12.1 Å². The van der Waals surface area contributed by atoms with E-state index in [1.807, 2.05) is 18.2 Å². The highest BCUT2D eigenvalue weighted by Crippen LogP contribution is 2.24. The van der Waals surface area contributed by atoms with Crippen LogP contribution in [0.4, 0.5) is 5.82 Å². The largest absolute Gasteiger partial charge is 0.383 e. The van der Waals surface area contributed by atoms with Crippen LogP contribution in [0.5, 0.6) is 0 Å². The van der Waals surface area contributed by atoms with Crippen molar-refractivity contribution in [3.63, 3.8) is 0 Å². The SMILES string of the molecule is COCCNc1nc(-n2ccnc2)nc2ccc(Cl)cc12. The molecule has 21 heavy (non-hydrogen) atoms. The molecule has 0 radical (unpaired) electrons. The molecule has 0 amide bonds. The van der Waals surface area contributed by atoms with Crippen LogP contribution in [0.25, 0.3) is 16.9 Å². The van der Waals surface area contributed by atoms with E-state index in [-0.39, 0.29) is 0 Å². The summed E-state index contributed by atoms with van der Waals surface area (Å²) in [5.41, 5.74) is 0.818. The maximum absolute atomic E-state index is 6.07. The van der Waals surface area contributed by atoms with Crippen LogP contribution in [0.15, 0.2) is 36.9 Å². The van der Waals surface area contributed by atoms with Gasteiger partial charge in [0.05, 0.1) is 12.1 Å². The van der Waals surface area contributed by atoms with Gasteiger partial charge < -0.3 is 10.1 Å². The fraction of sp³-hybridized carbons (Fsp3) is 0.214. The van der Waals surface area contributed by atoms with Crippen LogP contribution in [0.2, 0.25) is 5.02 Å². The lowest BCUT2D eigenvalue weighted by molar-refractivity contribution is 0.210. The quantitative estimate of drug-likeness (QED) is 0.734. The molecule has 2 aromatic heterocycles. The standard InChI is InChI=1S/C14H14ClN5O/c1-21-7-5-17-13-11-8-10(15)2-3-12(11)18-14(19-13)20-6-4-16-9-20/h2-4,6,8-9H,5,7H2,1H3,(H,17,18,19). The van der Waals surface area contributed by atoms with Gasteiger partial charge in [0.15, 0.2) is 0 Å². The minimum absolute atomic E-state index is 0.558. The van der Waals surface area contributed by atoms with E-state index in [0.29, 0.717) is 24.1 Å². The summed E-state index contributed by atoms with van der Waals surface area (Å²) in [7, 11) is 1.66. The molecule has 0 fully saturated rings. The molecule has 0 aliphatic carbocycles. The average Bonchev–Trinajstić information content (AvgIpc) is 3.02. The Bertz CT molecular complexity index is 744. The monoisotopic (exact) mass is 303 g/mol. The van der Waals surface area contributed by atoms with Crippen LogP contribution in [0.3, 0.4) is 0 Å². The predicted octanol–water partition coefficient (Wildman–Crippen LogP) is 2.53. The first-order chi connectivity index (χ1) is 10.3. The van der Waals surface area contributed by atoms with Gasteiger partial charge in [-0.1, -0.05) is 11.6 Å². The summed E-state index contributed by atoms with van der Waals surface area (Å²) in [6, 6.07) is 5.54. The smallest absolute Gasteiger partial charge is 0.237 e. The van der Waals surface area contributed by atoms with Gasteiger partial charge in [-0.05, 0) is 18.2 Å². The highest BCUT2D eigenvalue weighted by atomic mass is 35.5. The molecular formula is C14H14ClN5O. The molecule has 0 spiro atoms. The molecular weight excluding hydrogens is 290 g/mol. The van der Waals surface area contributed by atoms with Crippen molar-refractivity contribution in [3.05, 3.63) is 41.9 Å². The molecule has 3 aromatic rings. The van der Waals surface area contributed by atoms with Gasteiger partial charge in [0.25, 0.3) is 0 Å². The molecule has 0 bridgehead atoms. The van der Waals surface area contributed by atoms with Crippen LogP contribution >= 0.6 is 11.6 Å². The Morgan fingerprint density at radius 3 is 3.00 bits per heavy atom. The summed E-state index contributed by atoms with van der Waals surface area (Å²) in [6.07, 6.45) is 5.15. The van der Waals surface area contributed by atoms with Gasteiger partial charge in [0.2, 0.25) is 5.95 Å². The Balaban J connectivity index is 2.09. The number of nitrogens with zero attached hydrogens (tertiary/aromatic N) is 4. The predicted molar refractivity (Wildman–Crippen MR) is 82.0 cm³/mol. The highest BCUT2D eigenvalue weighted by Gasteiger charge is 2.09. The molecule has 1 N–H and O–H groups in total. The van der Waals surface area contributed by atoms with Crippen LogP contribution in [-0.4, -0.2) is 39.8 Å². The number of hydrogen-bond acceptors (Lipinski definition) is 5. The lowest BCUT2D eigenvalue weighted by Crippen LogP contribution is -2.11. The fourth-order valence-corrected chi connectivity index (χ4v) is 2.16. The third kappa shape index (κ3) is 2.96. The Morgan fingerprint density at radius 2 is 2.24 bits per heavy atom. The second kappa shape index (κ2) is 6.07. The lowest BCUT2D eigenvalue weighted by atomic mass is 10.2. The average molecular weight is 304 g/mol. The summed E-state index contributed by atoms with van der Waals surface area (Å²) in [4.78, 5) is 13.1. The molecule has 1 aromatic carbocycles. The normalized spacial score (nSPS) is 11.0. The van der Waals surface area contributed by atoms with E-state index in [1.165, 1.54) is 0 Å². The second-order valence-electron chi connectivity index (χ2n) is 4.42. The van der Waals surface area contributed by atoms with E-state index in [2.05, 4.69) is 20.3 Å². The Hall–Kier alpha value is -2.18. The third-order valence-corrected chi connectivity index (χ3v) is 3.22. The topological polar surface area (TPSA) is 64.9 Å². The summed E-state index contributed by atoms with van der Waals surface area (Å²) >= 11 is 6.07. The number of hydrogen-bond donors (Lipinski definition) is 1. The molecule has 2 heterocycles. The van der Waals surface area contributed by atoms with Crippen molar-refractivity contribution in [1.29, 1.82) is 0 Å². The number of fused-ring (bicyclic) bond motifs is 1. The van der Waals surface area contributed by atoms with E-state index >= 15 is 0 Å². The van der Waals surface area contributed by atoms with Crippen LogP contribution in [0, 0.1) is 0 Å². The summed E-state index contributed by atoms with van der Waals surface area (Å²) in [6.45, 7) is 1.24. The molecule has 7 heteroatoms. The van der Waals surface area contributed by atoms with E-state index in [4.69, 9.17) is 16.3 Å². The fourth-order valence-electron chi connectivity index (χ4n) is 1.99. The van der Waals surface area contributed by atoms with Crippen LogP contribution < -0.4 is 5.32 Å². The van der Waals surface area contributed by atoms with E-state index in [0.717, 1.165) is 16.7 Å². The number of nitrogens with one attached hydrogen (secondary N) is 1. The molecule has 0 aliphatic rings. The third-order valence-electron chi connectivity index (χ3n) is 2.98. The van der Waals surface area contributed by atoms with E-state index < -0.39 is 0 Å². The first-order valence-corrected chi connectivity index (χ1v) is 6.84. The van der Waals surface area contributed by atoms with E-state index in [9.17, 15) is 0 Å². The zero-order valence-electron chi connectivity index (χ0n) is 11.5. The number of imidazole rings is 1. The molecule has 6 nitrogen and oxygen atoms in total. The number of anilines is 1. The first-order valence-electron chi connectivity index (χ1n) is 6.46. The Kier molecular flexibility index (Phi) is 3.98. The number of rotatable bonds is 5. The Labute approximate surface area is 126 Å². The number of ether oxygens (including phenoxy) is 1. The molecule has 0 saturated carbocycles. The van der Waals surface area contributed by atoms with Crippen molar-refractivity contribution < 1.29 is 4.74 Å². The van der Waals surface area contributed by atoms with Gasteiger partial charge in [0, 0.05) is 36.5 Å². The van der Waals surface area contributed by atoms with E-state index in [1.54, 1.807) is 30.4 Å². The van der Waals surface area contributed by atoms with Gasteiger partial charge in [-0.3, -0.25) is 4.57 Å². The van der Waals surface area contributed by atoms with Crippen LogP contribution in [0.1, 0.15) is 0 Å². The number of aromatic nitrogens is 4. The number of benzene rings is 1. The lowest BCUT2D eigenvalue weighted by Gasteiger charge is -2.11. The van der Waals surface area contributed by atoms with Crippen molar-refractivity contribution in [2.75, 3.05) is 25.6 Å². The van der Waals surface area contributed by atoms with Gasteiger partial charge in [-0.2, -0.15) is 4.98 Å². The zero-order chi connectivity index (χ0) is 14.7. The van der Waals surface area contributed by atoms with Gasteiger partial charge >= 0.3 is 0 Å². The van der Waals surface area contributed by atoms with Crippen molar-refractivity contribution in [3.8, 4) is 5.95 Å². The number of halogens is 1. The molecule has 0 unspecified atom stereocenters. The Morgan fingerprint density at radius 1 is 1.33 bits per heavy atom. The van der Waals surface area contributed by atoms with Crippen molar-refractivity contribution in [2.45, 2.75) is 0 Å². The summed E-state index contributed by atoms with van der Waals surface area (Å²) < 4.78 is 6.81. The van der Waals surface area contributed by atoms with Crippen molar-refractivity contribution in [2.24, 2.45) is 0 Å². The zero-order valence-corrected chi connectivity index (χ0v) is 12.2. The van der Waals surface area contributed by atoms with Gasteiger partial charge in [-0.15, -0.1) is 0 Å². The molecule has 3 rings (SSSR count). The maximum atomic E-state index is 6.07. The van der Waals surface area contributed by atoms with Gasteiger partial charge in [-0.25, -0.2) is 9.97 Å². The molecule has 108 valence electrons. The van der Waals surface area contributed by atoms with Crippen molar-refractivity contribution in [1.82, 2.24) is 19.5 Å². The van der Waals surface area contributed by atoms with Crippen LogP contribution in [-0.2, 0) is 4.74 Å². The first kappa shape index (κ1) is 13.8. The minimum Gasteiger partial charge on any atom is -0.383 e. The molecule has 0 aliphatic heterocycles.